The molecule has 0 atom stereocenters. The zero-order chi connectivity index (χ0) is 20.9. The molecule has 3 rings (SSSR count). The predicted molar refractivity (Wildman–Crippen MR) is 116 cm³/mol. The van der Waals surface area contributed by atoms with Crippen molar-refractivity contribution in [3.8, 4) is 17.1 Å². The smallest absolute Gasteiger partial charge is 0.277 e. The van der Waals surface area contributed by atoms with Crippen molar-refractivity contribution in [2.45, 2.75) is 26.2 Å². The molecule has 0 aliphatic rings. The van der Waals surface area contributed by atoms with Crippen molar-refractivity contribution in [3.63, 3.8) is 0 Å². The maximum Gasteiger partial charge on any atom is 0.277 e. The van der Waals surface area contributed by atoms with E-state index in [1.807, 2.05) is 42.5 Å². The van der Waals surface area contributed by atoms with Gasteiger partial charge < -0.3 is 9.15 Å². The first-order valence-electron chi connectivity index (χ1n) is 9.22. The first-order valence-corrected chi connectivity index (χ1v) is 9.60. The molecular formula is C23H23ClN2O3. The van der Waals surface area contributed by atoms with Gasteiger partial charge in [-0.2, -0.15) is 5.10 Å². The number of hydrogen-bond donors (Lipinski definition) is 1. The monoisotopic (exact) mass is 410 g/mol. The Bertz CT molecular complexity index is 984. The fraction of sp³-hybridized carbons (Fsp3) is 0.217. The predicted octanol–water partition coefficient (Wildman–Crippen LogP) is 5.43. The van der Waals surface area contributed by atoms with E-state index in [9.17, 15) is 4.79 Å². The highest BCUT2D eigenvalue weighted by Crippen LogP contribution is 2.24. The first kappa shape index (κ1) is 20.7. The lowest BCUT2D eigenvalue weighted by Gasteiger charge is -2.19. The molecule has 2 aromatic carbocycles. The second-order valence-electron chi connectivity index (χ2n) is 7.57. The van der Waals surface area contributed by atoms with E-state index in [2.05, 4.69) is 31.3 Å². The van der Waals surface area contributed by atoms with Crippen molar-refractivity contribution in [3.05, 3.63) is 77.0 Å². The minimum absolute atomic E-state index is 0.0733. The molecule has 0 fully saturated rings. The molecule has 1 N–H and O–H groups in total. The molecule has 0 bridgehead atoms. The van der Waals surface area contributed by atoms with Crippen LogP contribution in [0.2, 0.25) is 5.02 Å². The highest BCUT2D eigenvalue weighted by Gasteiger charge is 2.13. The fourth-order valence-corrected chi connectivity index (χ4v) is 2.72. The Balaban J connectivity index is 1.48. The Kier molecular flexibility index (Phi) is 6.39. The van der Waals surface area contributed by atoms with Gasteiger partial charge in [-0.1, -0.05) is 44.5 Å². The molecule has 29 heavy (non-hydrogen) atoms. The largest absolute Gasteiger partial charge is 0.484 e. The van der Waals surface area contributed by atoms with Crippen molar-refractivity contribution >= 4 is 23.7 Å². The third kappa shape index (κ3) is 5.96. The van der Waals surface area contributed by atoms with Crippen LogP contribution in [0.25, 0.3) is 11.3 Å². The van der Waals surface area contributed by atoms with Crippen LogP contribution in [0.3, 0.4) is 0 Å². The van der Waals surface area contributed by atoms with E-state index in [4.69, 9.17) is 20.8 Å². The van der Waals surface area contributed by atoms with Gasteiger partial charge in [0.1, 0.15) is 17.3 Å². The second-order valence-corrected chi connectivity index (χ2v) is 8.00. The van der Waals surface area contributed by atoms with E-state index in [0.717, 1.165) is 5.56 Å². The van der Waals surface area contributed by atoms with Crippen LogP contribution in [0, 0.1) is 0 Å². The highest BCUT2D eigenvalue weighted by molar-refractivity contribution is 6.30. The standard InChI is InChI=1S/C23H23ClN2O3/c1-23(2,3)17-6-10-19(11-7-17)28-15-22(27)26-25-14-20-12-13-21(29-20)16-4-8-18(24)9-5-16/h4-14H,15H2,1-3H3,(H,26,27)/b25-14-. The summed E-state index contributed by atoms with van der Waals surface area (Å²) in [6, 6.07) is 18.7. The average molecular weight is 411 g/mol. The number of hydrogen-bond acceptors (Lipinski definition) is 4. The molecule has 0 radical (unpaired) electrons. The first-order chi connectivity index (χ1) is 13.8. The Morgan fingerprint density at radius 1 is 1.07 bits per heavy atom. The van der Waals surface area contributed by atoms with Gasteiger partial charge >= 0.3 is 0 Å². The molecular weight excluding hydrogens is 388 g/mol. The van der Waals surface area contributed by atoms with Crippen LogP contribution < -0.4 is 10.2 Å². The summed E-state index contributed by atoms with van der Waals surface area (Å²) in [5.74, 6) is 1.49. The van der Waals surface area contributed by atoms with E-state index >= 15 is 0 Å². The molecule has 0 spiro atoms. The molecule has 5 nitrogen and oxygen atoms in total. The van der Waals surface area contributed by atoms with Gasteiger partial charge in [0.15, 0.2) is 6.61 Å². The van der Waals surface area contributed by atoms with Crippen LogP contribution in [0.15, 0.2) is 70.2 Å². The van der Waals surface area contributed by atoms with Crippen LogP contribution in [0.4, 0.5) is 0 Å². The number of rotatable bonds is 6. The van der Waals surface area contributed by atoms with Gasteiger partial charge in [0, 0.05) is 10.6 Å². The quantitative estimate of drug-likeness (QED) is 0.435. The topological polar surface area (TPSA) is 63.8 Å². The molecule has 0 saturated carbocycles. The van der Waals surface area contributed by atoms with E-state index in [1.165, 1.54) is 11.8 Å². The van der Waals surface area contributed by atoms with E-state index in [1.54, 1.807) is 18.2 Å². The molecule has 1 heterocycles. The lowest BCUT2D eigenvalue weighted by atomic mass is 9.87. The van der Waals surface area contributed by atoms with Crippen LogP contribution in [-0.4, -0.2) is 18.7 Å². The third-order valence-electron chi connectivity index (χ3n) is 4.23. The van der Waals surface area contributed by atoms with Crippen LogP contribution in [0.5, 0.6) is 5.75 Å². The van der Waals surface area contributed by atoms with Crippen molar-refractivity contribution in [2.75, 3.05) is 6.61 Å². The fourth-order valence-electron chi connectivity index (χ4n) is 2.59. The summed E-state index contributed by atoms with van der Waals surface area (Å²) in [5, 5.41) is 4.57. The summed E-state index contributed by atoms with van der Waals surface area (Å²) < 4.78 is 11.2. The zero-order valence-electron chi connectivity index (χ0n) is 16.6. The molecule has 150 valence electrons. The number of nitrogens with zero attached hydrogens (tertiary/aromatic N) is 1. The normalized spacial score (nSPS) is 11.6. The molecule has 6 heteroatoms. The lowest BCUT2D eigenvalue weighted by molar-refractivity contribution is -0.123. The lowest BCUT2D eigenvalue weighted by Crippen LogP contribution is -2.24. The maximum atomic E-state index is 11.9. The van der Waals surface area contributed by atoms with Gasteiger partial charge in [0.25, 0.3) is 5.91 Å². The summed E-state index contributed by atoms with van der Waals surface area (Å²) in [5.41, 5.74) is 4.61. The highest BCUT2D eigenvalue weighted by atomic mass is 35.5. The molecule has 1 aromatic heterocycles. The number of amides is 1. The number of ether oxygens (including phenoxy) is 1. The van der Waals surface area contributed by atoms with E-state index in [0.29, 0.717) is 22.3 Å². The number of nitrogens with one attached hydrogen (secondary N) is 1. The summed E-state index contributed by atoms with van der Waals surface area (Å²) in [6.07, 6.45) is 1.44. The van der Waals surface area contributed by atoms with Gasteiger partial charge in [-0.25, -0.2) is 5.43 Å². The molecule has 0 saturated heterocycles. The van der Waals surface area contributed by atoms with Gasteiger partial charge in [-0.3, -0.25) is 4.79 Å². The SMILES string of the molecule is CC(C)(C)c1ccc(OCC(=O)N/N=C\c2ccc(-c3ccc(Cl)cc3)o2)cc1. The van der Waals surface area contributed by atoms with Gasteiger partial charge in [-0.05, 0) is 59.5 Å². The number of benzene rings is 2. The summed E-state index contributed by atoms with van der Waals surface area (Å²) in [6.45, 7) is 6.31. The number of hydrazone groups is 1. The van der Waals surface area contributed by atoms with Gasteiger partial charge in [0.2, 0.25) is 0 Å². The Hall–Kier alpha value is -3.05. The average Bonchev–Trinajstić information content (AvgIpc) is 3.15. The van der Waals surface area contributed by atoms with Crippen molar-refractivity contribution < 1.29 is 13.9 Å². The zero-order valence-corrected chi connectivity index (χ0v) is 17.4. The Morgan fingerprint density at radius 3 is 2.41 bits per heavy atom. The van der Waals surface area contributed by atoms with E-state index in [-0.39, 0.29) is 17.9 Å². The Labute approximate surface area is 175 Å². The summed E-state index contributed by atoms with van der Waals surface area (Å²) in [4.78, 5) is 11.9. The van der Waals surface area contributed by atoms with Crippen molar-refractivity contribution in [1.29, 1.82) is 0 Å². The minimum Gasteiger partial charge on any atom is -0.484 e. The molecule has 0 aliphatic heterocycles. The van der Waals surface area contributed by atoms with Crippen LogP contribution in [0.1, 0.15) is 32.1 Å². The van der Waals surface area contributed by atoms with Crippen molar-refractivity contribution in [1.82, 2.24) is 5.43 Å². The van der Waals surface area contributed by atoms with Crippen molar-refractivity contribution in [2.24, 2.45) is 5.10 Å². The summed E-state index contributed by atoms with van der Waals surface area (Å²) >= 11 is 5.89. The third-order valence-corrected chi connectivity index (χ3v) is 4.48. The number of carbonyl (C=O) groups is 1. The van der Waals surface area contributed by atoms with Crippen LogP contribution in [-0.2, 0) is 10.2 Å². The number of halogens is 1. The second kappa shape index (κ2) is 8.97. The summed E-state index contributed by atoms with van der Waals surface area (Å²) in [7, 11) is 0. The van der Waals surface area contributed by atoms with E-state index < -0.39 is 0 Å². The number of carbonyl (C=O) groups excluding carboxylic acids is 1. The molecule has 0 unspecified atom stereocenters. The van der Waals surface area contributed by atoms with Gasteiger partial charge in [0.05, 0.1) is 6.21 Å². The molecule has 1 amide bonds. The number of furan rings is 1. The maximum absolute atomic E-state index is 11.9. The molecule has 3 aromatic rings. The van der Waals surface area contributed by atoms with Gasteiger partial charge in [-0.15, -0.1) is 0 Å². The minimum atomic E-state index is -0.356. The Morgan fingerprint density at radius 2 is 1.76 bits per heavy atom. The van der Waals surface area contributed by atoms with Crippen LogP contribution >= 0.6 is 11.6 Å². The molecule has 0 aliphatic carbocycles.